The van der Waals surface area contributed by atoms with E-state index in [9.17, 15) is 9.59 Å². The first kappa shape index (κ1) is 6.40. The summed E-state index contributed by atoms with van der Waals surface area (Å²) >= 11 is 0. The van der Waals surface area contributed by atoms with E-state index in [1.165, 1.54) is 0 Å². The Balaban J connectivity index is 2.95. The van der Waals surface area contributed by atoms with Crippen LogP contribution in [0.25, 0.3) is 0 Å². The number of ketones is 1. The van der Waals surface area contributed by atoms with E-state index in [1.54, 1.807) is 0 Å². The maximum atomic E-state index is 10.5. The maximum Gasteiger partial charge on any atom is 0.247 e. The third-order valence-corrected chi connectivity index (χ3v) is 0.784. The molecular formula is C4H2N4O2. The van der Waals surface area contributed by atoms with Crippen LogP contribution in [0.5, 0.6) is 0 Å². The molecule has 0 radical (unpaired) electrons. The van der Waals surface area contributed by atoms with E-state index in [0.717, 1.165) is 6.20 Å². The second-order valence-corrected chi connectivity index (χ2v) is 1.39. The van der Waals surface area contributed by atoms with Crippen molar-refractivity contribution in [2.75, 3.05) is 0 Å². The third kappa shape index (κ3) is 1.16. The fourth-order valence-electron chi connectivity index (χ4n) is 0.371. The van der Waals surface area contributed by atoms with Gasteiger partial charge in [0.05, 0.1) is 6.20 Å². The summed E-state index contributed by atoms with van der Waals surface area (Å²) in [5.41, 5.74) is -0.0926. The van der Waals surface area contributed by atoms with Gasteiger partial charge in [0.2, 0.25) is 5.78 Å². The van der Waals surface area contributed by atoms with Crippen molar-refractivity contribution in [3.63, 3.8) is 0 Å². The molecule has 0 aliphatic rings. The quantitative estimate of drug-likeness (QED) is 0.285. The minimum Gasteiger partial charge on any atom is -0.294 e. The molecule has 1 heterocycles. The highest BCUT2D eigenvalue weighted by Gasteiger charge is 2.04. The van der Waals surface area contributed by atoms with Gasteiger partial charge in [0.1, 0.15) is 0 Å². The van der Waals surface area contributed by atoms with E-state index >= 15 is 0 Å². The molecule has 10 heavy (non-hydrogen) atoms. The first-order valence-corrected chi connectivity index (χ1v) is 2.35. The lowest BCUT2D eigenvalue weighted by atomic mass is 10.3. The highest BCUT2D eigenvalue weighted by molar-refractivity contribution is 6.32. The van der Waals surface area contributed by atoms with E-state index in [4.69, 9.17) is 0 Å². The summed E-state index contributed by atoms with van der Waals surface area (Å²) in [6, 6.07) is 0. The van der Waals surface area contributed by atoms with Crippen LogP contribution in [-0.4, -0.2) is 32.7 Å². The van der Waals surface area contributed by atoms with Gasteiger partial charge in [0.25, 0.3) is 0 Å². The Bertz CT molecular complexity index is 247. The largest absolute Gasteiger partial charge is 0.294 e. The van der Waals surface area contributed by atoms with Crippen molar-refractivity contribution in [2.45, 2.75) is 0 Å². The van der Waals surface area contributed by atoms with Crippen LogP contribution in [0.1, 0.15) is 10.5 Å². The molecule has 1 aromatic rings. The molecule has 0 fully saturated rings. The van der Waals surface area contributed by atoms with Crippen molar-refractivity contribution >= 4 is 12.1 Å². The minimum absolute atomic E-state index is 0.0926. The summed E-state index contributed by atoms with van der Waals surface area (Å²) in [6.45, 7) is 0. The van der Waals surface area contributed by atoms with Crippen LogP contribution >= 0.6 is 0 Å². The zero-order chi connectivity index (χ0) is 7.40. The second kappa shape index (κ2) is 2.72. The Kier molecular flexibility index (Phi) is 1.74. The maximum absolute atomic E-state index is 10.5. The second-order valence-electron chi connectivity index (χ2n) is 1.39. The highest BCUT2D eigenvalue weighted by atomic mass is 16.2. The molecule has 0 amide bonds. The van der Waals surface area contributed by atoms with E-state index < -0.39 is 5.78 Å². The van der Waals surface area contributed by atoms with Crippen LogP contribution in [-0.2, 0) is 4.79 Å². The van der Waals surface area contributed by atoms with E-state index in [1.807, 2.05) is 0 Å². The molecule has 0 spiro atoms. The predicted molar refractivity (Wildman–Crippen MR) is 28.0 cm³/mol. The Morgan fingerprint density at radius 1 is 1.50 bits per heavy atom. The average Bonchev–Trinajstić information content (AvgIpc) is 2.05. The molecule has 6 heteroatoms. The molecule has 6 nitrogen and oxygen atoms in total. The third-order valence-electron chi connectivity index (χ3n) is 0.784. The number of hydrogen-bond acceptors (Lipinski definition) is 6. The smallest absolute Gasteiger partial charge is 0.247 e. The van der Waals surface area contributed by atoms with Gasteiger partial charge in [0, 0.05) is 0 Å². The predicted octanol–water partition coefficient (Wildman–Crippen LogP) is -1.35. The van der Waals surface area contributed by atoms with Gasteiger partial charge in [-0.05, 0) is 10.4 Å². The summed E-state index contributed by atoms with van der Waals surface area (Å²) < 4.78 is 0. The van der Waals surface area contributed by atoms with E-state index in [2.05, 4.69) is 20.6 Å². The summed E-state index contributed by atoms with van der Waals surface area (Å²) in [6.07, 6.45) is 1.22. The van der Waals surface area contributed by atoms with Gasteiger partial charge in [-0.15, -0.1) is 10.2 Å². The lowest BCUT2D eigenvalue weighted by Gasteiger charge is -1.84. The molecule has 0 saturated carbocycles. The Labute approximate surface area is 55.3 Å². The average molecular weight is 138 g/mol. The molecule has 0 aromatic carbocycles. The van der Waals surface area contributed by atoms with Crippen molar-refractivity contribution < 1.29 is 9.59 Å². The van der Waals surface area contributed by atoms with Crippen molar-refractivity contribution in [1.82, 2.24) is 20.6 Å². The summed E-state index contributed by atoms with van der Waals surface area (Å²) in [7, 11) is 0. The van der Waals surface area contributed by atoms with Gasteiger partial charge in [-0.1, -0.05) is 0 Å². The van der Waals surface area contributed by atoms with Gasteiger partial charge >= 0.3 is 0 Å². The minimum atomic E-state index is -0.748. The molecule has 1 aromatic heterocycles. The fourth-order valence-corrected chi connectivity index (χ4v) is 0.371. The van der Waals surface area contributed by atoms with Gasteiger partial charge in [0.15, 0.2) is 12.0 Å². The molecular weight excluding hydrogens is 136 g/mol. The zero-order valence-electron chi connectivity index (χ0n) is 4.76. The standard InChI is InChI=1S/C4H2N4O2/c9-2-4(10)3-1-5-7-8-6-3/h1-2H. The van der Waals surface area contributed by atoms with Crippen molar-refractivity contribution in [3.05, 3.63) is 11.9 Å². The van der Waals surface area contributed by atoms with Crippen molar-refractivity contribution in [3.8, 4) is 0 Å². The first-order chi connectivity index (χ1) is 4.84. The monoisotopic (exact) mass is 138 g/mol. The SMILES string of the molecule is O=CC(=O)c1cnnnn1. The Morgan fingerprint density at radius 3 is 2.80 bits per heavy atom. The number of Topliss-reactive ketones (excluding diaryl/α,β-unsaturated/α-hetero) is 1. The van der Waals surface area contributed by atoms with Gasteiger partial charge in [-0.3, -0.25) is 9.59 Å². The fraction of sp³-hybridized carbons (Fsp3) is 0. The molecule has 0 saturated heterocycles. The van der Waals surface area contributed by atoms with Crippen LogP contribution in [0, 0.1) is 0 Å². The van der Waals surface area contributed by atoms with Gasteiger partial charge in [-0.25, -0.2) is 0 Å². The molecule has 0 unspecified atom stereocenters. The molecule has 0 bridgehead atoms. The van der Waals surface area contributed by atoms with Crippen LogP contribution in [0.4, 0.5) is 0 Å². The van der Waals surface area contributed by atoms with Crippen LogP contribution < -0.4 is 0 Å². The van der Waals surface area contributed by atoms with Crippen LogP contribution in [0.3, 0.4) is 0 Å². The topological polar surface area (TPSA) is 85.7 Å². The number of aldehydes is 1. The van der Waals surface area contributed by atoms with Gasteiger partial charge in [-0.2, -0.15) is 0 Å². The van der Waals surface area contributed by atoms with Crippen LogP contribution in [0.15, 0.2) is 6.20 Å². The van der Waals surface area contributed by atoms with Crippen molar-refractivity contribution in [1.29, 1.82) is 0 Å². The Hall–Kier alpha value is -1.72. The summed E-state index contributed by atoms with van der Waals surface area (Å²) in [5, 5.41) is 12.6. The lowest BCUT2D eigenvalue weighted by molar-refractivity contribution is -0.104. The zero-order valence-corrected chi connectivity index (χ0v) is 4.76. The van der Waals surface area contributed by atoms with Crippen molar-refractivity contribution in [2.24, 2.45) is 0 Å². The number of rotatable bonds is 2. The molecule has 50 valence electrons. The number of carbonyl (C=O) groups is 2. The molecule has 1 rings (SSSR count). The van der Waals surface area contributed by atoms with Gasteiger partial charge < -0.3 is 0 Å². The molecule has 0 N–H and O–H groups in total. The number of aromatic nitrogens is 4. The number of nitrogens with zero attached hydrogens (tertiary/aromatic N) is 4. The highest BCUT2D eigenvalue weighted by Crippen LogP contribution is 1.84. The summed E-state index contributed by atoms with van der Waals surface area (Å²) in [5.74, 6) is -0.748. The number of hydrogen-bond donors (Lipinski definition) is 0. The first-order valence-electron chi connectivity index (χ1n) is 2.35. The molecule has 0 aliphatic carbocycles. The molecule has 0 aliphatic heterocycles. The lowest BCUT2D eigenvalue weighted by Crippen LogP contribution is -2.06. The van der Waals surface area contributed by atoms with E-state index in [0.29, 0.717) is 0 Å². The molecule has 0 atom stereocenters. The Morgan fingerprint density at radius 2 is 2.30 bits per heavy atom. The van der Waals surface area contributed by atoms with Crippen LogP contribution in [0.2, 0.25) is 0 Å². The number of carbonyl (C=O) groups excluding carboxylic acids is 2. The summed E-state index contributed by atoms with van der Waals surface area (Å²) in [4.78, 5) is 20.3. The normalized spacial score (nSPS) is 8.80. The van der Waals surface area contributed by atoms with E-state index in [-0.39, 0.29) is 12.0 Å².